The molecule has 2 N–H and O–H groups in total. The van der Waals surface area contributed by atoms with Crippen LogP contribution in [0.3, 0.4) is 0 Å². The second-order valence-electron chi connectivity index (χ2n) is 5.47. The zero-order valence-corrected chi connectivity index (χ0v) is 14.7. The van der Waals surface area contributed by atoms with Crippen molar-refractivity contribution in [1.82, 2.24) is 0 Å². The minimum atomic E-state index is -3.52. The maximum absolute atomic E-state index is 12.6. The van der Waals surface area contributed by atoms with Crippen molar-refractivity contribution in [2.45, 2.75) is 36.8 Å². The number of ether oxygens (including phenoxy) is 2. The fraction of sp³-hybridized carbons (Fsp3) is 0.571. The zero-order valence-electron chi connectivity index (χ0n) is 13.1. The molecule has 1 aromatic carbocycles. The van der Waals surface area contributed by atoms with Crippen molar-refractivity contribution < 1.29 is 17.9 Å². The van der Waals surface area contributed by atoms with Crippen LogP contribution in [-0.4, -0.2) is 33.9 Å². The second kappa shape index (κ2) is 7.33. The predicted molar refractivity (Wildman–Crippen MR) is 86.5 cm³/mol. The van der Waals surface area contributed by atoms with Crippen LogP contribution in [0, 0.1) is 0 Å². The van der Waals surface area contributed by atoms with Gasteiger partial charge >= 0.3 is 0 Å². The van der Waals surface area contributed by atoms with E-state index in [1.165, 1.54) is 20.3 Å². The summed E-state index contributed by atoms with van der Waals surface area (Å²) in [6.45, 7) is 5.41. The molecule has 0 heterocycles. The van der Waals surface area contributed by atoms with E-state index in [0.29, 0.717) is 24.5 Å². The minimum Gasteiger partial charge on any atom is -0.496 e. The lowest BCUT2D eigenvalue weighted by Crippen LogP contribution is -2.28. The Balaban J connectivity index is 0.00000400. The van der Waals surface area contributed by atoms with Gasteiger partial charge in [-0.1, -0.05) is 0 Å². The number of halogens is 1. The zero-order chi connectivity index (χ0) is 15.6. The molecule has 21 heavy (non-hydrogen) atoms. The van der Waals surface area contributed by atoms with Gasteiger partial charge in [0.15, 0.2) is 9.84 Å². The molecule has 5 nitrogen and oxygen atoms in total. The molecule has 0 aliphatic carbocycles. The number of nitrogens with two attached hydrogens (primary N) is 1. The summed E-state index contributed by atoms with van der Waals surface area (Å²) in [6.07, 6.45) is 0.593. The molecule has 7 heteroatoms. The van der Waals surface area contributed by atoms with Crippen LogP contribution in [-0.2, 0) is 16.3 Å². The van der Waals surface area contributed by atoms with Gasteiger partial charge in [-0.15, -0.1) is 12.4 Å². The molecule has 0 aliphatic heterocycles. The summed E-state index contributed by atoms with van der Waals surface area (Å²) in [5.74, 6) is 0.836. The first-order chi connectivity index (χ1) is 9.18. The van der Waals surface area contributed by atoms with Crippen LogP contribution in [0.1, 0.15) is 26.3 Å². The fourth-order valence-electron chi connectivity index (χ4n) is 1.82. The van der Waals surface area contributed by atoms with Gasteiger partial charge in [-0.25, -0.2) is 8.42 Å². The molecule has 0 fully saturated rings. The second-order valence-corrected chi connectivity index (χ2v) is 8.14. The first kappa shape index (κ1) is 20.0. The van der Waals surface area contributed by atoms with Crippen LogP contribution in [0.25, 0.3) is 0 Å². The average Bonchev–Trinajstić information content (AvgIpc) is 2.37. The molecule has 0 atom stereocenters. The van der Waals surface area contributed by atoms with Crippen LogP contribution in [0.5, 0.6) is 11.5 Å². The summed E-state index contributed by atoms with van der Waals surface area (Å²) in [7, 11) is -0.556. The number of rotatable bonds is 5. The molecular formula is C14H24ClNO4S. The lowest BCUT2D eigenvalue weighted by atomic mass is 10.1. The van der Waals surface area contributed by atoms with Crippen LogP contribution >= 0.6 is 12.4 Å². The standard InChI is InChI=1S/C14H23NO4S.ClH/c1-14(2,3)20(16,17)13-9-11(18-4)10(6-7-15)8-12(13)19-5;/h8-9H,6-7,15H2,1-5H3;1H. The number of hydrogen-bond acceptors (Lipinski definition) is 5. The molecule has 0 radical (unpaired) electrons. The average molecular weight is 338 g/mol. The molecule has 0 spiro atoms. The fourth-order valence-corrected chi connectivity index (χ4v) is 3.15. The molecule has 0 aromatic heterocycles. The van der Waals surface area contributed by atoms with Gasteiger partial charge in [-0.2, -0.15) is 0 Å². The summed E-state index contributed by atoms with van der Waals surface area (Å²) in [5, 5.41) is 0. The van der Waals surface area contributed by atoms with E-state index in [9.17, 15) is 8.42 Å². The maximum atomic E-state index is 12.6. The van der Waals surface area contributed by atoms with E-state index in [2.05, 4.69) is 0 Å². The lowest BCUT2D eigenvalue weighted by Gasteiger charge is -2.22. The van der Waals surface area contributed by atoms with Crippen molar-refractivity contribution in [1.29, 1.82) is 0 Å². The van der Waals surface area contributed by atoms with Crippen molar-refractivity contribution in [3.05, 3.63) is 17.7 Å². The number of methoxy groups -OCH3 is 2. The third-order valence-electron chi connectivity index (χ3n) is 3.08. The van der Waals surface area contributed by atoms with Crippen LogP contribution in [0.4, 0.5) is 0 Å². The molecule has 1 rings (SSSR count). The van der Waals surface area contributed by atoms with Gasteiger partial charge in [-0.05, 0) is 45.4 Å². The van der Waals surface area contributed by atoms with Crippen molar-refractivity contribution in [3.63, 3.8) is 0 Å². The molecule has 0 unspecified atom stereocenters. The molecule has 122 valence electrons. The van der Waals surface area contributed by atoms with Gasteiger partial charge in [0.05, 0.1) is 19.0 Å². The predicted octanol–water partition coefficient (Wildman–Crippen LogP) is 2.20. The van der Waals surface area contributed by atoms with Crippen molar-refractivity contribution in [2.24, 2.45) is 5.73 Å². The van der Waals surface area contributed by atoms with Crippen molar-refractivity contribution >= 4 is 22.2 Å². The van der Waals surface area contributed by atoms with Gasteiger partial charge < -0.3 is 15.2 Å². The highest BCUT2D eigenvalue weighted by atomic mass is 35.5. The van der Waals surface area contributed by atoms with Crippen molar-refractivity contribution in [2.75, 3.05) is 20.8 Å². The Morgan fingerprint density at radius 3 is 2.00 bits per heavy atom. The molecule has 1 aromatic rings. The van der Waals surface area contributed by atoms with Gasteiger partial charge in [0.25, 0.3) is 0 Å². The Hall–Kier alpha value is -0.980. The maximum Gasteiger partial charge on any atom is 0.187 e. The van der Waals surface area contributed by atoms with Crippen LogP contribution in [0.15, 0.2) is 17.0 Å². The highest BCUT2D eigenvalue weighted by Crippen LogP contribution is 2.36. The third kappa shape index (κ3) is 4.02. The summed E-state index contributed by atoms with van der Waals surface area (Å²) < 4.78 is 34.8. The van der Waals surface area contributed by atoms with E-state index in [-0.39, 0.29) is 17.3 Å². The Morgan fingerprint density at radius 2 is 1.62 bits per heavy atom. The summed E-state index contributed by atoms with van der Waals surface area (Å²) in [5.41, 5.74) is 6.39. The first-order valence-electron chi connectivity index (χ1n) is 6.38. The lowest BCUT2D eigenvalue weighted by molar-refractivity contribution is 0.388. The van der Waals surface area contributed by atoms with E-state index in [1.807, 2.05) is 0 Å². The van der Waals surface area contributed by atoms with Crippen LogP contribution in [0.2, 0.25) is 0 Å². The highest BCUT2D eigenvalue weighted by Gasteiger charge is 2.34. The Bertz CT molecular complexity index is 579. The van der Waals surface area contributed by atoms with Gasteiger partial charge in [0, 0.05) is 6.07 Å². The monoisotopic (exact) mass is 337 g/mol. The number of sulfone groups is 1. The molecule has 0 amide bonds. The van der Waals surface area contributed by atoms with Crippen molar-refractivity contribution in [3.8, 4) is 11.5 Å². The van der Waals surface area contributed by atoms with Gasteiger partial charge in [0.2, 0.25) is 0 Å². The van der Waals surface area contributed by atoms with E-state index in [0.717, 1.165) is 5.56 Å². The number of hydrogen-bond donors (Lipinski definition) is 1. The summed E-state index contributed by atoms with van der Waals surface area (Å²) >= 11 is 0. The quantitative estimate of drug-likeness (QED) is 0.891. The molecule has 0 bridgehead atoms. The SMILES string of the molecule is COc1cc(S(=O)(=O)C(C)(C)C)c(OC)cc1CCN.Cl. The Kier molecular flexibility index (Phi) is 6.99. The largest absolute Gasteiger partial charge is 0.496 e. The topological polar surface area (TPSA) is 78.6 Å². The molecule has 0 saturated heterocycles. The molecule has 0 aliphatic rings. The van der Waals surface area contributed by atoms with E-state index < -0.39 is 14.6 Å². The molecule has 0 saturated carbocycles. The van der Waals surface area contributed by atoms with Gasteiger partial charge in [-0.3, -0.25) is 0 Å². The number of benzene rings is 1. The highest BCUT2D eigenvalue weighted by molar-refractivity contribution is 7.92. The minimum absolute atomic E-state index is 0. The van der Waals surface area contributed by atoms with E-state index >= 15 is 0 Å². The normalized spacial score (nSPS) is 11.7. The smallest absolute Gasteiger partial charge is 0.187 e. The van der Waals surface area contributed by atoms with E-state index in [4.69, 9.17) is 15.2 Å². The Morgan fingerprint density at radius 1 is 1.10 bits per heavy atom. The summed E-state index contributed by atoms with van der Waals surface area (Å²) in [4.78, 5) is 0.144. The van der Waals surface area contributed by atoms with Gasteiger partial charge in [0.1, 0.15) is 16.4 Å². The van der Waals surface area contributed by atoms with E-state index in [1.54, 1.807) is 26.8 Å². The molecular weight excluding hydrogens is 314 g/mol. The first-order valence-corrected chi connectivity index (χ1v) is 7.87. The third-order valence-corrected chi connectivity index (χ3v) is 5.59. The Labute approximate surface area is 133 Å². The summed E-state index contributed by atoms with van der Waals surface area (Å²) in [6, 6.07) is 3.20. The van der Waals surface area contributed by atoms with Crippen LogP contribution < -0.4 is 15.2 Å².